The van der Waals surface area contributed by atoms with Gasteiger partial charge in [-0.3, -0.25) is 9.69 Å². The van der Waals surface area contributed by atoms with Gasteiger partial charge < -0.3 is 10.6 Å². The van der Waals surface area contributed by atoms with Crippen molar-refractivity contribution in [2.75, 3.05) is 32.7 Å². The number of amides is 1. The maximum Gasteiger partial charge on any atom is 0.405 e. The van der Waals surface area contributed by atoms with Crippen LogP contribution in [0.1, 0.15) is 5.56 Å². The Morgan fingerprint density at radius 3 is 2.40 bits per heavy atom. The molecule has 0 aromatic heterocycles. The molecule has 0 saturated carbocycles. The molecule has 1 fully saturated rings. The van der Waals surface area contributed by atoms with Gasteiger partial charge in [-0.05, 0) is 17.7 Å². The molecule has 0 radical (unpaired) electrons. The van der Waals surface area contributed by atoms with Crippen LogP contribution in [-0.2, 0) is 11.2 Å². The van der Waals surface area contributed by atoms with E-state index in [2.05, 4.69) is 10.6 Å². The number of halogens is 6. The fourth-order valence-electron chi connectivity index (χ4n) is 2.55. The van der Waals surface area contributed by atoms with E-state index in [0.29, 0.717) is 13.1 Å². The molecule has 0 spiro atoms. The molecule has 25 heavy (non-hydrogen) atoms. The number of nitrogens with zero attached hydrogens (tertiary/aromatic N) is 1. The van der Waals surface area contributed by atoms with Crippen LogP contribution < -0.4 is 10.6 Å². The second kappa shape index (κ2) is 9.30. The summed E-state index contributed by atoms with van der Waals surface area (Å²) in [5, 5.41) is 5.20. The van der Waals surface area contributed by atoms with Crippen molar-refractivity contribution in [3.05, 3.63) is 35.4 Å². The summed E-state index contributed by atoms with van der Waals surface area (Å²) in [4.78, 5) is 13.1. The highest BCUT2D eigenvalue weighted by atomic mass is 35.5. The van der Waals surface area contributed by atoms with Crippen molar-refractivity contribution in [3.63, 3.8) is 0 Å². The van der Waals surface area contributed by atoms with Gasteiger partial charge in [0, 0.05) is 32.7 Å². The number of nitrogens with one attached hydrogen (secondary N) is 2. The molecule has 142 valence electrons. The number of hydrogen-bond acceptors (Lipinski definition) is 3. The van der Waals surface area contributed by atoms with Crippen molar-refractivity contribution in [3.8, 4) is 0 Å². The van der Waals surface area contributed by atoms with Crippen LogP contribution in [-0.4, -0.2) is 55.7 Å². The molecule has 2 rings (SSSR count). The van der Waals surface area contributed by atoms with Gasteiger partial charge in [0.2, 0.25) is 5.91 Å². The molecule has 1 aliphatic rings. The summed E-state index contributed by atoms with van der Waals surface area (Å²) in [5.74, 6) is -2.82. The predicted molar refractivity (Wildman–Crippen MR) is 84.6 cm³/mol. The molecule has 10 heteroatoms. The maximum absolute atomic E-state index is 13.2. The third-order valence-electron chi connectivity index (χ3n) is 3.81. The standard InChI is InChI=1S/C15H18F5N3O.ClH/c16-11-2-1-10(7-12(11)17)8-14(24)22-9-13(15(18,19)20)23-5-3-21-4-6-23;/h1-2,7,13,21H,3-6,8-9H2,(H,22,24);1H. The van der Waals surface area contributed by atoms with Gasteiger partial charge in [0.1, 0.15) is 6.04 Å². The van der Waals surface area contributed by atoms with Crippen LogP contribution in [0.15, 0.2) is 18.2 Å². The Morgan fingerprint density at radius 2 is 1.84 bits per heavy atom. The normalized spacial score (nSPS) is 16.8. The Balaban J connectivity index is 0.00000312. The van der Waals surface area contributed by atoms with E-state index in [-0.39, 0.29) is 37.5 Å². The fourth-order valence-corrected chi connectivity index (χ4v) is 2.55. The lowest BCUT2D eigenvalue weighted by atomic mass is 10.1. The van der Waals surface area contributed by atoms with Crippen LogP contribution in [0.2, 0.25) is 0 Å². The lowest BCUT2D eigenvalue weighted by molar-refractivity contribution is -0.184. The van der Waals surface area contributed by atoms with Gasteiger partial charge in [0.15, 0.2) is 11.6 Å². The lowest BCUT2D eigenvalue weighted by Crippen LogP contribution is -2.57. The molecule has 1 saturated heterocycles. The van der Waals surface area contributed by atoms with Crippen LogP contribution >= 0.6 is 12.4 Å². The first-order valence-corrected chi connectivity index (χ1v) is 7.49. The van der Waals surface area contributed by atoms with Gasteiger partial charge in [-0.2, -0.15) is 13.2 Å². The van der Waals surface area contributed by atoms with Crippen molar-refractivity contribution >= 4 is 18.3 Å². The van der Waals surface area contributed by atoms with Crippen molar-refractivity contribution < 1.29 is 26.7 Å². The maximum atomic E-state index is 13.2. The van der Waals surface area contributed by atoms with Crippen LogP contribution in [0, 0.1) is 11.6 Å². The highest BCUT2D eigenvalue weighted by molar-refractivity contribution is 5.85. The van der Waals surface area contributed by atoms with E-state index in [1.54, 1.807) is 0 Å². The zero-order valence-corrected chi connectivity index (χ0v) is 14.0. The van der Waals surface area contributed by atoms with Crippen molar-refractivity contribution in [1.29, 1.82) is 0 Å². The van der Waals surface area contributed by atoms with E-state index in [0.717, 1.165) is 12.1 Å². The van der Waals surface area contributed by atoms with E-state index >= 15 is 0 Å². The molecular formula is C15H19ClF5N3O. The molecule has 1 atom stereocenters. The van der Waals surface area contributed by atoms with Crippen LogP contribution in [0.25, 0.3) is 0 Å². The summed E-state index contributed by atoms with van der Waals surface area (Å²) in [6, 6.07) is 1.17. The minimum absolute atomic E-state index is 0. The summed E-state index contributed by atoms with van der Waals surface area (Å²) < 4.78 is 65.4. The first kappa shape index (κ1) is 21.6. The van der Waals surface area contributed by atoms with Gasteiger partial charge in [-0.15, -0.1) is 12.4 Å². The first-order valence-electron chi connectivity index (χ1n) is 7.49. The number of alkyl halides is 3. The fraction of sp³-hybridized carbons (Fsp3) is 0.533. The van der Waals surface area contributed by atoms with E-state index in [1.807, 2.05) is 0 Å². The third-order valence-corrected chi connectivity index (χ3v) is 3.81. The Morgan fingerprint density at radius 1 is 1.20 bits per heavy atom. The van der Waals surface area contributed by atoms with E-state index in [9.17, 15) is 26.7 Å². The van der Waals surface area contributed by atoms with Crippen molar-refractivity contribution in [2.45, 2.75) is 18.6 Å². The highest BCUT2D eigenvalue weighted by Gasteiger charge is 2.43. The average Bonchev–Trinajstić information content (AvgIpc) is 2.51. The minimum Gasteiger partial charge on any atom is -0.354 e. The molecule has 1 aliphatic heterocycles. The highest BCUT2D eigenvalue weighted by Crippen LogP contribution is 2.24. The number of rotatable bonds is 5. The number of hydrogen-bond donors (Lipinski definition) is 2. The molecule has 1 aromatic rings. The van der Waals surface area contributed by atoms with E-state index < -0.39 is 36.3 Å². The smallest absolute Gasteiger partial charge is 0.354 e. The summed E-state index contributed by atoms with van der Waals surface area (Å²) in [6.07, 6.45) is -4.78. The Hall–Kier alpha value is -1.45. The summed E-state index contributed by atoms with van der Waals surface area (Å²) in [7, 11) is 0. The molecule has 1 amide bonds. The van der Waals surface area contributed by atoms with Crippen LogP contribution in [0.5, 0.6) is 0 Å². The molecule has 4 nitrogen and oxygen atoms in total. The van der Waals surface area contributed by atoms with E-state index in [1.165, 1.54) is 11.0 Å². The molecular weight excluding hydrogens is 369 g/mol. The number of carbonyl (C=O) groups excluding carboxylic acids is 1. The summed E-state index contributed by atoms with van der Waals surface area (Å²) >= 11 is 0. The predicted octanol–water partition coefficient (Wildman–Crippen LogP) is 1.88. The average molecular weight is 388 g/mol. The lowest BCUT2D eigenvalue weighted by Gasteiger charge is -2.35. The van der Waals surface area contributed by atoms with Gasteiger partial charge in [0.25, 0.3) is 0 Å². The second-order valence-corrected chi connectivity index (χ2v) is 5.57. The second-order valence-electron chi connectivity index (χ2n) is 5.57. The quantitative estimate of drug-likeness (QED) is 0.758. The Labute approximate surface area is 148 Å². The van der Waals surface area contributed by atoms with Gasteiger partial charge in [-0.1, -0.05) is 6.07 Å². The van der Waals surface area contributed by atoms with Crippen molar-refractivity contribution in [2.24, 2.45) is 0 Å². The topological polar surface area (TPSA) is 44.4 Å². The summed E-state index contributed by atoms with van der Waals surface area (Å²) in [5.41, 5.74) is 0.192. The Kier molecular flexibility index (Phi) is 8.04. The van der Waals surface area contributed by atoms with Crippen LogP contribution in [0.4, 0.5) is 22.0 Å². The van der Waals surface area contributed by atoms with Gasteiger partial charge in [-0.25, -0.2) is 8.78 Å². The van der Waals surface area contributed by atoms with Gasteiger partial charge >= 0.3 is 6.18 Å². The van der Waals surface area contributed by atoms with Gasteiger partial charge in [0.05, 0.1) is 6.42 Å². The minimum atomic E-state index is -4.47. The Bertz CT molecular complexity index is 579. The largest absolute Gasteiger partial charge is 0.405 e. The molecule has 0 bridgehead atoms. The number of carbonyl (C=O) groups is 1. The molecule has 2 N–H and O–H groups in total. The molecule has 1 heterocycles. The molecule has 1 unspecified atom stereocenters. The number of piperazine rings is 1. The SMILES string of the molecule is Cl.O=C(Cc1ccc(F)c(F)c1)NCC(N1CCNCC1)C(F)(F)F. The first-order chi connectivity index (χ1) is 11.3. The summed E-state index contributed by atoms with van der Waals surface area (Å²) in [6.45, 7) is 0.809. The van der Waals surface area contributed by atoms with Crippen molar-refractivity contribution in [1.82, 2.24) is 15.5 Å². The van der Waals surface area contributed by atoms with Crippen LogP contribution in [0.3, 0.4) is 0 Å². The van der Waals surface area contributed by atoms with E-state index in [4.69, 9.17) is 0 Å². The molecule has 1 aromatic carbocycles. The number of benzene rings is 1. The zero-order valence-electron chi connectivity index (χ0n) is 13.2. The third kappa shape index (κ3) is 6.41. The molecule has 0 aliphatic carbocycles. The zero-order chi connectivity index (χ0) is 17.7. The monoisotopic (exact) mass is 387 g/mol.